The normalized spacial score (nSPS) is 7.62. The lowest BCUT2D eigenvalue weighted by atomic mass is 10.5. The highest BCUT2D eigenvalue weighted by Gasteiger charge is 1.76. The van der Waals surface area contributed by atoms with Crippen molar-refractivity contribution >= 4 is 8.60 Å². The highest BCUT2D eigenvalue weighted by atomic mass is 31.2. The van der Waals surface area contributed by atoms with E-state index in [-0.39, 0.29) is 0 Å². The molecule has 0 bridgehead atoms. The zero-order chi connectivity index (χ0) is 6.99. The zero-order valence-corrected chi connectivity index (χ0v) is 5.67. The topological polar surface area (TPSA) is 60.7 Å². The molecule has 0 aromatic rings. The molecule has 4 heteroatoms. The minimum Gasteiger partial charge on any atom is -0.328 e. The van der Waals surface area contributed by atoms with Crippen molar-refractivity contribution in [2.45, 2.75) is 13.3 Å². The lowest BCUT2D eigenvalue weighted by Gasteiger charge is -1.76. The van der Waals surface area contributed by atoms with Crippen LogP contribution in [0.25, 0.3) is 0 Å². The van der Waals surface area contributed by atoms with Crippen molar-refractivity contribution in [1.29, 1.82) is 0 Å². The third-order valence-corrected chi connectivity index (χ3v) is 0.289. The van der Waals surface area contributed by atoms with Crippen molar-refractivity contribution in [2.24, 2.45) is 0 Å². The van der Waals surface area contributed by atoms with Crippen LogP contribution in [0.1, 0.15) is 13.3 Å². The van der Waals surface area contributed by atoms with Gasteiger partial charge in [0.1, 0.15) is 0 Å². The molecule has 50 valence electrons. The average molecular weight is 138 g/mol. The molecule has 0 aliphatic rings. The minimum atomic E-state index is -2.62. The van der Waals surface area contributed by atoms with E-state index < -0.39 is 8.60 Å². The van der Waals surface area contributed by atoms with Gasteiger partial charge in [0.25, 0.3) is 0 Å². The van der Waals surface area contributed by atoms with E-state index in [0.29, 0.717) is 0 Å². The maximum atomic E-state index is 7.23. The van der Waals surface area contributed by atoms with Crippen molar-refractivity contribution < 1.29 is 14.7 Å². The van der Waals surface area contributed by atoms with E-state index in [1.165, 1.54) is 0 Å². The molecular weight excluding hydrogens is 127 g/mol. The van der Waals surface area contributed by atoms with Gasteiger partial charge in [-0.2, -0.15) is 0 Å². The van der Waals surface area contributed by atoms with Gasteiger partial charge in [0.15, 0.2) is 0 Å². The second-order valence-electron chi connectivity index (χ2n) is 0.965. The highest BCUT2D eigenvalue weighted by molar-refractivity contribution is 7.38. The van der Waals surface area contributed by atoms with Crippen molar-refractivity contribution in [3.63, 3.8) is 0 Å². The third kappa shape index (κ3) is 140. The smallest absolute Gasteiger partial charge is 0.324 e. The van der Waals surface area contributed by atoms with Crippen LogP contribution in [0.4, 0.5) is 0 Å². The van der Waals surface area contributed by atoms with E-state index in [1.54, 1.807) is 0 Å². The van der Waals surface area contributed by atoms with Crippen LogP contribution in [0.15, 0.2) is 12.7 Å². The molecule has 3 N–H and O–H groups in total. The van der Waals surface area contributed by atoms with E-state index >= 15 is 0 Å². The number of hydrogen-bond donors (Lipinski definition) is 3. The Labute approximate surface area is 50.3 Å². The van der Waals surface area contributed by atoms with Crippen molar-refractivity contribution in [3.05, 3.63) is 12.7 Å². The molecule has 0 aliphatic heterocycles. The summed E-state index contributed by atoms with van der Waals surface area (Å²) in [5.74, 6) is 0. The maximum Gasteiger partial charge on any atom is 0.324 e. The number of allylic oxidation sites excluding steroid dienone is 1. The molecule has 0 aromatic carbocycles. The zero-order valence-electron chi connectivity index (χ0n) is 4.78. The summed E-state index contributed by atoms with van der Waals surface area (Å²) in [7, 11) is -2.62. The minimum absolute atomic E-state index is 1.08. The summed E-state index contributed by atoms with van der Waals surface area (Å²) in [6.45, 7) is 5.54. The average Bonchev–Trinajstić information content (AvgIpc) is 1.65. The largest absolute Gasteiger partial charge is 0.328 e. The molecule has 3 nitrogen and oxygen atoms in total. The van der Waals surface area contributed by atoms with Crippen LogP contribution in [0.5, 0.6) is 0 Å². The van der Waals surface area contributed by atoms with Crippen LogP contribution in [0.3, 0.4) is 0 Å². The quantitative estimate of drug-likeness (QED) is 0.370. The fourth-order valence-corrected chi connectivity index (χ4v) is 0. The summed E-state index contributed by atoms with van der Waals surface area (Å²) >= 11 is 0. The first-order chi connectivity index (χ1) is 3.65. The molecule has 0 aliphatic carbocycles. The Morgan fingerprint density at radius 2 is 1.62 bits per heavy atom. The first-order valence-corrected chi connectivity index (χ1v) is 3.32. The third-order valence-electron chi connectivity index (χ3n) is 0.289. The number of rotatable bonds is 1. The van der Waals surface area contributed by atoms with Gasteiger partial charge in [-0.25, -0.2) is 0 Å². The molecule has 0 heterocycles. The Kier molecular flexibility index (Phi) is 13.8. The van der Waals surface area contributed by atoms with Gasteiger partial charge in [-0.1, -0.05) is 13.0 Å². The second kappa shape index (κ2) is 10.1. The van der Waals surface area contributed by atoms with Crippen molar-refractivity contribution in [2.75, 3.05) is 0 Å². The van der Waals surface area contributed by atoms with Gasteiger partial charge in [-0.3, -0.25) is 0 Å². The Morgan fingerprint density at radius 1 is 1.50 bits per heavy atom. The summed E-state index contributed by atoms with van der Waals surface area (Å²) in [5, 5.41) is 0. The molecule has 0 fully saturated rings. The summed E-state index contributed by atoms with van der Waals surface area (Å²) < 4.78 is 0. The fraction of sp³-hybridized carbons (Fsp3) is 0.500. The molecule has 0 aromatic heterocycles. The van der Waals surface area contributed by atoms with E-state index in [9.17, 15) is 0 Å². The maximum absolute atomic E-state index is 7.23. The van der Waals surface area contributed by atoms with Crippen LogP contribution in [-0.4, -0.2) is 14.7 Å². The summed E-state index contributed by atoms with van der Waals surface area (Å²) in [4.78, 5) is 21.7. The molecule has 0 saturated carbocycles. The molecule has 0 amide bonds. The predicted molar refractivity (Wildman–Crippen MR) is 34.1 cm³/mol. The molecule has 0 rings (SSSR count). The van der Waals surface area contributed by atoms with Gasteiger partial charge < -0.3 is 14.7 Å². The molecule has 0 radical (unpaired) electrons. The van der Waals surface area contributed by atoms with Crippen LogP contribution in [-0.2, 0) is 0 Å². The highest BCUT2D eigenvalue weighted by Crippen LogP contribution is 2.11. The van der Waals surface area contributed by atoms with E-state index in [0.717, 1.165) is 6.42 Å². The first-order valence-electron chi connectivity index (χ1n) is 2.12. The van der Waals surface area contributed by atoms with Crippen LogP contribution in [0, 0.1) is 0 Å². The summed E-state index contributed by atoms with van der Waals surface area (Å²) in [5.41, 5.74) is 0. The standard InChI is InChI=1S/C4H8.H3O3P/c1-3-4-2;1-4(2)3/h3H,1,4H2,2H3;1-3H. The van der Waals surface area contributed by atoms with E-state index in [4.69, 9.17) is 14.7 Å². The van der Waals surface area contributed by atoms with Gasteiger partial charge >= 0.3 is 8.60 Å². The second-order valence-corrected chi connectivity index (χ2v) is 1.50. The fourth-order valence-electron chi connectivity index (χ4n) is 0. The van der Waals surface area contributed by atoms with Gasteiger partial charge in [0, 0.05) is 0 Å². The molecular formula is C4H11O3P. The van der Waals surface area contributed by atoms with Gasteiger partial charge in [0.05, 0.1) is 0 Å². The molecule has 0 unspecified atom stereocenters. The predicted octanol–water partition coefficient (Wildman–Crippen LogP) is 0.773. The van der Waals surface area contributed by atoms with E-state index in [2.05, 4.69) is 13.5 Å². The number of hydrogen-bond acceptors (Lipinski definition) is 3. The lowest BCUT2D eigenvalue weighted by Crippen LogP contribution is -1.54. The van der Waals surface area contributed by atoms with Gasteiger partial charge in [-0.05, 0) is 6.42 Å². The Morgan fingerprint density at radius 3 is 1.62 bits per heavy atom. The van der Waals surface area contributed by atoms with Crippen LogP contribution < -0.4 is 0 Å². The Hall–Kier alpha value is 0.0500. The summed E-state index contributed by atoms with van der Waals surface area (Å²) in [6, 6.07) is 0. The monoisotopic (exact) mass is 138 g/mol. The summed E-state index contributed by atoms with van der Waals surface area (Å²) in [6.07, 6.45) is 2.96. The Balaban J connectivity index is 0. The Bertz CT molecular complexity index is 43.8. The van der Waals surface area contributed by atoms with Gasteiger partial charge in [-0.15, -0.1) is 6.58 Å². The SMILES string of the molecule is C=CCC.OP(O)O. The van der Waals surface area contributed by atoms with E-state index in [1.807, 2.05) is 6.08 Å². The van der Waals surface area contributed by atoms with Crippen LogP contribution >= 0.6 is 8.60 Å². The van der Waals surface area contributed by atoms with Crippen molar-refractivity contribution in [1.82, 2.24) is 0 Å². The first kappa shape index (κ1) is 10.9. The van der Waals surface area contributed by atoms with Crippen LogP contribution in [0.2, 0.25) is 0 Å². The van der Waals surface area contributed by atoms with Crippen molar-refractivity contribution in [3.8, 4) is 0 Å². The van der Waals surface area contributed by atoms with Gasteiger partial charge in [0.2, 0.25) is 0 Å². The molecule has 0 saturated heterocycles. The molecule has 8 heavy (non-hydrogen) atoms. The molecule has 0 atom stereocenters. The molecule has 0 spiro atoms. The lowest BCUT2D eigenvalue weighted by molar-refractivity contribution is 0.368.